The van der Waals surface area contributed by atoms with E-state index in [1.807, 2.05) is 32.0 Å². The topological polar surface area (TPSA) is 180 Å². The molecule has 0 bridgehead atoms. The molecular weight excluding hydrogens is 477 g/mol. The average molecular weight is 521 g/mol. The van der Waals surface area contributed by atoms with Crippen molar-refractivity contribution in [1.82, 2.24) is 10.7 Å². The van der Waals surface area contributed by atoms with E-state index in [-0.39, 0.29) is 38.1 Å². The monoisotopic (exact) mass is 521 g/mol. The Hall–Kier alpha value is -2.99. The maximum atomic E-state index is 12.9. The van der Waals surface area contributed by atoms with Crippen molar-refractivity contribution in [3.8, 4) is 0 Å². The van der Waals surface area contributed by atoms with E-state index >= 15 is 0 Å². The zero-order valence-corrected chi connectivity index (χ0v) is 21.3. The standard InChI is InChI=1S/C24H40BN5O6.CH4/c1-18(2)16-22(25(33)34)28-23(32)20(13-9-15-27-24(26)29-30(35)36)17-21(31)14-8-4-7-12-19-10-5-3-6-11-19;/h3,5-6,10-11,18,20,22,33-34H,4,7-9,12-17H2,1-2H3,(H,28,32)(H3,26,27,29);1H4/t20-,22+;/m1./s1. The van der Waals surface area contributed by atoms with Gasteiger partial charge >= 0.3 is 7.12 Å². The highest BCUT2D eigenvalue weighted by atomic mass is 16.7. The molecule has 11 nitrogen and oxygen atoms in total. The van der Waals surface area contributed by atoms with Gasteiger partial charge in [0.2, 0.25) is 5.91 Å². The number of nitrogens with two attached hydrogens (primary N) is 1. The number of ketones is 1. The van der Waals surface area contributed by atoms with Crippen LogP contribution in [0.15, 0.2) is 35.3 Å². The lowest BCUT2D eigenvalue weighted by Gasteiger charge is -2.23. The SMILES string of the molecule is C.CC(C)C[C@H](NC(=O)[C@H](CCCN=C(N)N[N+](=O)[O-])CC(=O)CCCCCc1ccccc1)B(O)O. The Morgan fingerprint density at radius 1 is 1.14 bits per heavy atom. The number of hydrogen-bond acceptors (Lipinski definition) is 7. The number of nitro groups is 1. The molecule has 0 radical (unpaired) electrons. The van der Waals surface area contributed by atoms with Crippen molar-refractivity contribution >= 4 is 24.8 Å². The molecule has 2 atom stereocenters. The summed E-state index contributed by atoms with van der Waals surface area (Å²) in [6, 6.07) is 10.1. The maximum absolute atomic E-state index is 12.9. The zero-order chi connectivity index (χ0) is 26.9. The number of Topliss-reactive ketones (excluding diaryl/α,β-unsaturated/α-hetero) is 1. The second kappa shape index (κ2) is 19.2. The van der Waals surface area contributed by atoms with Crippen LogP contribution >= 0.6 is 0 Å². The lowest BCUT2D eigenvalue weighted by Crippen LogP contribution is -2.49. The minimum Gasteiger partial charge on any atom is -0.426 e. The first-order valence-corrected chi connectivity index (χ1v) is 12.5. The molecular formula is C25H44BN5O6. The number of benzene rings is 1. The van der Waals surface area contributed by atoms with Crippen LogP contribution in [0.3, 0.4) is 0 Å². The van der Waals surface area contributed by atoms with Gasteiger partial charge < -0.3 is 21.1 Å². The van der Waals surface area contributed by atoms with Crippen molar-refractivity contribution in [2.45, 2.75) is 85.0 Å². The minimum atomic E-state index is -1.71. The van der Waals surface area contributed by atoms with E-state index in [9.17, 15) is 29.8 Å². The first-order valence-electron chi connectivity index (χ1n) is 12.5. The highest BCUT2D eigenvalue weighted by Crippen LogP contribution is 2.17. The van der Waals surface area contributed by atoms with Gasteiger partial charge in [0.05, 0.1) is 5.94 Å². The number of carbonyl (C=O) groups excluding carboxylic acids is 2. The third-order valence-electron chi connectivity index (χ3n) is 5.72. The molecule has 0 aliphatic heterocycles. The van der Waals surface area contributed by atoms with Gasteiger partial charge in [0, 0.05) is 25.3 Å². The van der Waals surface area contributed by atoms with E-state index in [0.29, 0.717) is 25.7 Å². The predicted molar refractivity (Wildman–Crippen MR) is 146 cm³/mol. The molecule has 0 saturated carbocycles. The van der Waals surface area contributed by atoms with Crippen LogP contribution < -0.4 is 16.5 Å². The second-order valence-electron chi connectivity index (χ2n) is 9.42. The van der Waals surface area contributed by atoms with Gasteiger partial charge in [-0.1, -0.05) is 63.5 Å². The highest BCUT2D eigenvalue weighted by Gasteiger charge is 2.29. The quantitative estimate of drug-likeness (QED) is 0.0488. The van der Waals surface area contributed by atoms with E-state index in [0.717, 1.165) is 25.7 Å². The fourth-order valence-electron chi connectivity index (χ4n) is 3.91. The molecule has 0 aliphatic carbocycles. The van der Waals surface area contributed by atoms with Crippen molar-refractivity contribution in [1.29, 1.82) is 0 Å². The first kappa shape index (κ1) is 34.0. The van der Waals surface area contributed by atoms with Gasteiger partial charge in [-0.25, -0.2) is 15.1 Å². The summed E-state index contributed by atoms with van der Waals surface area (Å²) >= 11 is 0. The minimum absolute atomic E-state index is 0. The molecule has 0 aromatic heterocycles. The Labute approximate surface area is 220 Å². The fraction of sp³-hybridized carbons (Fsp3) is 0.640. The summed E-state index contributed by atoms with van der Waals surface area (Å²) in [5, 5.41) is 31.6. The number of carbonyl (C=O) groups is 2. The number of nitrogens with one attached hydrogen (secondary N) is 2. The van der Waals surface area contributed by atoms with E-state index in [1.54, 1.807) is 5.43 Å². The molecule has 1 amide bonds. The van der Waals surface area contributed by atoms with Gasteiger partial charge in [0.15, 0.2) is 5.03 Å². The van der Waals surface area contributed by atoms with Crippen molar-refractivity contribution < 1.29 is 24.7 Å². The van der Waals surface area contributed by atoms with Gasteiger partial charge in [0.25, 0.3) is 5.96 Å². The summed E-state index contributed by atoms with van der Waals surface area (Å²) in [6.45, 7) is 3.95. The van der Waals surface area contributed by atoms with Crippen LogP contribution in [0.4, 0.5) is 0 Å². The van der Waals surface area contributed by atoms with Crippen LogP contribution in [0, 0.1) is 22.0 Å². The van der Waals surface area contributed by atoms with E-state index in [4.69, 9.17) is 5.73 Å². The number of unbranched alkanes of at least 4 members (excludes halogenated alkanes) is 2. The molecule has 0 saturated heterocycles. The molecule has 1 rings (SSSR count). The van der Waals surface area contributed by atoms with Gasteiger partial charge in [-0.05, 0) is 50.0 Å². The Morgan fingerprint density at radius 3 is 2.41 bits per heavy atom. The molecule has 37 heavy (non-hydrogen) atoms. The van der Waals surface area contributed by atoms with Crippen molar-refractivity contribution in [2.24, 2.45) is 22.6 Å². The molecule has 0 aliphatic rings. The molecule has 0 heterocycles. The summed E-state index contributed by atoms with van der Waals surface area (Å²) in [7, 11) is -1.71. The Bertz CT molecular complexity index is 838. The number of amides is 1. The third kappa shape index (κ3) is 16.4. The van der Waals surface area contributed by atoms with Gasteiger partial charge in [0.1, 0.15) is 5.78 Å². The number of nitrogens with zero attached hydrogens (tertiary/aromatic N) is 2. The highest BCUT2D eigenvalue weighted by molar-refractivity contribution is 6.43. The van der Waals surface area contributed by atoms with Crippen LogP contribution in [0.5, 0.6) is 0 Å². The molecule has 1 aromatic rings. The van der Waals surface area contributed by atoms with Gasteiger partial charge in [-0.3, -0.25) is 9.59 Å². The van der Waals surface area contributed by atoms with E-state index < -0.39 is 29.9 Å². The normalized spacial score (nSPS) is 12.8. The lowest BCUT2D eigenvalue weighted by atomic mass is 9.74. The van der Waals surface area contributed by atoms with Gasteiger partial charge in [-0.15, -0.1) is 0 Å². The first-order chi connectivity index (χ1) is 17.1. The predicted octanol–water partition coefficient (Wildman–Crippen LogP) is 2.42. The molecule has 0 fully saturated rings. The van der Waals surface area contributed by atoms with Crippen molar-refractivity contribution in [3.05, 3.63) is 46.0 Å². The summed E-state index contributed by atoms with van der Waals surface area (Å²) in [5.41, 5.74) is 8.41. The van der Waals surface area contributed by atoms with Crippen LogP contribution in [0.25, 0.3) is 0 Å². The summed E-state index contributed by atoms with van der Waals surface area (Å²) < 4.78 is 0. The number of hydrogen-bond donors (Lipinski definition) is 5. The molecule has 208 valence electrons. The van der Waals surface area contributed by atoms with E-state index in [2.05, 4.69) is 22.4 Å². The zero-order valence-electron chi connectivity index (χ0n) is 21.3. The molecule has 0 spiro atoms. The van der Waals surface area contributed by atoms with Gasteiger partial charge in [-0.2, -0.15) is 0 Å². The molecule has 0 unspecified atom stereocenters. The number of aryl methyl sites for hydroxylation is 1. The maximum Gasteiger partial charge on any atom is 0.475 e. The Kier molecular flexibility index (Phi) is 17.6. The number of rotatable bonds is 18. The average Bonchev–Trinajstić information content (AvgIpc) is 2.80. The summed E-state index contributed by atoms with van der Waals surface area (Å²) in [5.74, 6) is -2.18. The molecule has 6 N–H and O–H groups in total. The second-order valence-corrected chi connectivity index (χ2v) is 9.42. The van der Waals surface area contributed by atoms with E-state index in [1.165, 1.54) is 5.56 Å². The fourth-order valence-corrected chi connectivity index (χ4v) is 3.91. The Morgan fingerprint density at radius 2 is 1.81 bits per heavy atom. The van der Waals surface area contributed by atoms with Crippen LogP contribution in [-0.2, 0) is 16.0 Å². The Balaban J connectivity index is 0.0000130. The lowest BCUT2D eigenvalue weighted by molar-refractivity contribution is -0.525. The van der Waals surface area contributed by atoms with Crippen molar-refractivity contribution in [2.75, 3.05) is 6.54 Å². The summed E-state index contributed by atoms with van der Waals surface area (Å²) in [4.78, 5) is 39.8. The van der Waals surface area contributed by atoms with Crippen LogP contribution in [-0.4, -0.2) is 52.3 Å². The molecule has 12 heteroatoms. The largest absolute Gasteiger partial charge is 0.475 e. The van der Waals surface area contributed by atoms with Crippen molar-refractivity contribution in [3.63, 3.8) is 0 Å². The number of hydrazine groups is 1. The van der Waals surface area contributed by atoms with Crippen LogP contribution in [0.2, 0.25) is 0 Å². The number of guanidine groups is 1. The smallest absolute Gasteiger partial charge is 0.426 e. The summed E-state index contributed by atoms with van der Waals surface area (Å²) in [6.07, 6.45) is 5.02. The van der Waals surface area contributed by atoms with Crippen LogP contribution in [0.1, 0.15) is 78.2 Å². The number of aliphatic imine (C=N–C) groups is 1. The third-order valence-corrected chi connectivity index (χ3v) is 5.72. The molecule has 1 aromatic carbocycles.